The van der Waals surface area contributed by atoms with Crippen molar-refractivity contribution in [3.05, 3.63) is 34.9 Å². The van der Waals surface area contributed by atoms with Crippen molar-refractivity contribution >= 4 is 5.97 Å². The van der Waals surface area contributed by atoms with E-state index in [4.69, 9.17) is 0 Å². The van der Waals surface area contributed by atoms with Gasteiger partial charge >= 0.3 is 5.97 Å². The summed E-state index contributed by atoms with van der Waals surface area (Å²) in [4.78, 5) is 13.9. The molecule has 2 aliphatic rings. The van der Waals surface area contributed by atoms with Gasteiger partial charge < -0.3 is 5.11 Å². The van der Waals surface area contributed by atoms with Gasteiger partial charge in [0.2, 0.25) is 0 Å². The highest BCUT2D eigenvalue weighted by Crippen LogP contribution is 2.40. The quantitative estimate of drug-likeness (QED) is 0.924. The number of hydrogen-bond donors (Lipinski definition) is 1. The SMILES string of the molecule is Cc1ccc(CN2C(C(=O)O)CC3CCCCC32)c(C)c1. The Morgan fingerprint density at radius 1 is 1.29 bits per heavy atom. The molecule has 1 N–H and O–H groups in total. The van der Waals surface area contributed by atoms with Crippen LogP contribution in [0, 0.1) is 19.8 Å². The van der Waals surface area contributed by atoms with Gasteiger partial charge in [0, 0.05) is 12.6 Å². The molecular formula is C18H25NO2. The number of aryl methyl sites for hydroxylation is 2. The first-order valence-corrected chi connectivity index (χ1v) is 8.11. The Morgan fingerprint density at radius 3 is 2.76 bits per heavy atom. The van der Waals surface area contributed by atoms with Crippen LogP contribution < -0.4 is 0 Å². The van der Waals surface area contributed by atoms with Crippen molar-refractivity contribution in [2.45, 2.75) is 64.6 Å². The van der Waals surface area contributed by atoms with Crippen molar-refractivity contribution in [1.82, 2.24) is 4.90 Å². The average Bonchev–Trinajstić information content (AvgIpc) is 2.81. The summed E-state index contributed by atoms with van der Waals surface area (Å²) in [5, 5.41) is 9.58. The molecule has 3 rings (SSSR count). The van der Waals surface area contributed by atoms with Gasteiger partial charge in [-0.25, -0.2) is 0 Å². The maximum Gasteiger partial charge on any atom is 0.320 e. The summed E-state index contributed by atoms with van der Waals surface area (Å²) in [6.45, 7) is 5.01. The smallest absolute Gasteiger partial charge is 0.320 e. The Bertz CT molecular complexity index is 540. The Labute approximate surface area is 127 Å². The fourth-order valence-corrected chi connectivity index (χ4v) is 4.24. The number of rotatable bonds is 3. The van der Waals surface area contributed by atoms with Crippen molar-refractivity contribution in [2.75, 3.05) is 0 Å². The number of carbonyl (C=O) groups is 1. The Morgan fingerprint density at radius 2 is 2.05 bits per heavy atom. The van der Waals surface area contributed by atoms with Gasteiger partial charge in [-0.2, -0.15) is 0 Å². The van der Waals surface area contributed by atoms with Crippen molar-refractivity contribution < 1.29 is 9.90 Å². The van der Waals surface area contributed by atoms with Gasteiger partial charge in [0.25, 0.3) is 0 Å². The van der Waals surface area contributed by atoms with E-state index in [1.807, 2.05) is 0 Å². The lowest BCUT2D eigenvalue weighted by Crippen LogP contribution is -2.41. The topological polar surface area (TPSA) is 40.5 Å². The molecule has 0 amide bonds. The molecule has 0 bridgehead atoms. The van der Waals surface area contributed by atoms with E-state index in [1.54, 1.807) is 0 Å². The molecule has 1 aromatic rings. The molecule has 3 heteroatoms. The van der Waals surface area contributed by atoms with Crippen LogP contribution >= 0.6 is 0 Å². The van der Waals surface area contributed by atoms with Crippen LogP contribution in [0.25, 0.3) is 0 Å². The zero-order valence-electron chi connectivity index (χ0n) is 13.0. The molecular weight excluding hydrogens is 262 g/mol. The molecule has 1 aliphatic carbocycles. The van der Waals surface area contributed by atoms with Crippen LogP contribution in [-0.2, 0) is 11.3 Å². The van der Waals surface area contributed by atoms with Crippen LogP contribution in [0.5, 0.6) is 0 Å². The maximum absolute atomic E-state index is 11.6. The van der Waals surface area contributed by atoms with Crippen LogP contribution in [0.2, 0.25) is 0 Å². The second-order valence-corrected chi connectivity index (χ2v) is 6.80. The molecule has 3 nitrogen and oxygen atoms in total. The number of carboxylic acid groups (broad SMARTS) is 1. The van der Waals surface area contributed by atoms with Crippen LogP contribution in [0.15, 0.2) is 18.2 Å². The monoisotopic (exact) mass is 287 g/mol. The minimum absolute atomic E-state index is 0.293. The molecule has 3 atom stereocenters. The molecule has 1 aliphatic heterocycles. The van der Waals surface area contributed by atoms with Crippen molar-refractivity contribution in [2.24, 2.45) is 5.92 Å². The predicted octanol–water partition coefficient (Wildman–Crippen LogP) is 3.52. The van der Waals surface area contributed by atoms with E-state index >= 15 is 0 Å². The van der Waals surface area contributed by atoms with Crippen LogP contribution in [0.3, 0.4) is 0 Å². The van der Waals surface area contributed by atoms with Gasteiger partial charge in [0.1, 0.15) is 6.04 Å². The van der Waals surface area contributed by atoms with E-state index < -0.39 is 5.97 Å². The van der Waals surface area contributed by atoms with Gasteiger partial charge in [-0.1, -0.05) is 36.6 Å². The standard InChI is InChI=1S/C18H25NO2/c1-12-7-8-15(13(2)9-12)11-19-16-6-4-3-5-14(16)10-17(19)18(20)21/h7-9,14,16-17H,3-6,10-11H2,1-2H3,(H,20,21). The van der Waals surface area contributed by atoms with E-state index in [-0.39, 0.29) is 6.04 Å². The van der Waals surface area contributed by atoms with E-state index in [1.165, 1.54) is 42.4 Å². The number of hydrogen-bond acceptors (Lipinski definition) is 2. The lowest BCUT2D eigenvalue weighted by atomic mass is 9.84. The van der Waals surface area contributed by atoms with Crippen molar-refractivity contribution in [3.8, 4) is 0 Å². The van der Waals surface area contributed by atoms with E-state index in [0.29, 0.717) is 12.0 Å². The van der Waals surface area contributed by atoms with Gasteiger partial charge in [0.05, 0.1) is 0 Å². The molecule has 2 fully saturated rings. The molecule has 1 saturated carbocycles. The van der Waals surface area contributed by atoms with Crippen molar-refractivity contribution in [1.29, 1.82) is 0 Å². The van der Waals surface area contributed by atoms with E-state index in [2.05, 4.69) is 36.9 Å². The zero-order valence-corrected chi connectivity index (χ0v) is 13.0. The lowest BCUT2D eigenvalue weighted by Gasteiger charge is -2.33. The molecule has 1 aromatic carbocycles. The molecule has 0 radical (unpaired) electrons. The van der Waals surface area contributed by atoms with E-state index in [0.717, 1.165) is 13.0 Å². The summed E-state index contributed by atoms with van der Waals surface area (Å²) in [6, 6.07) is 6.67. The molecule has 3 unspecified atom stereocenters. The summed E-state index contributed by atoms with van der Waals surface area (Å²) in [7, 11) is 0. The van der Waals surface area contributed by atoms with Crippen LogP contribution in [-0.4, -0.2) is 28.1 Å². The van der Waals surface area contributed by atoms with Crippen LogP contribution in [0.4, 0.5) is 0 Å². The minimum atomic E-state index is -0.644. The largest absolute Gasteiger partial charge is 0.480 e. The van der Waals surface area contributed by atoms with Crippen LogP contribution in [0.1, 0.15) is 48.8 Å². The molecule has 21 heavy (non-hydrogen) atoms. The first-order valence-electron chi connectivity index (χ1n) is 8.11. The predicted molar refractivity (Wildman–Crippen MR) is 83.2 cm³/mol. The van der Waals surface area contributed by atoms with Gasteiger partial charge in [-0.3, -0.25) is 9.69 Å². The molecule has 1 heterocycles. The number of carboxylic acids is 1. The lowest BCUT2D eigenvalue weighted by molar-refractivity contribution is -0.142. The summed E-state index contributed by atoms with van der Waals surface area (Å²) in [5.41, 5.74) is 3.82. The van der Waals surface area contributed by atoms with Crippen molar-refractivity contribution in [3.63, 3.8) is 0 Å². The maximum atomic E-state index is 11.6. The first-order chi connectivity index (χ1) is 10.1. The first kappa shape index (κ1) is 14.6. The summed E-state index contributed by atoms with van der Waals surface area (Å²) < 4.78 is 0. The third-order valence-corrected chi connectivity index (χ3v) is 5.36. The Kier molecular flexibility index (Phi) is 4.03. The fraction of sp³-hybridized carbons (Fsp3) is 0.611. The average molecular weight is 287 g/mol. The van der Waals surface area contributed by atoms with E-state index in [9.17, 15) is 9.90 Å². The normalized spacial score (nSPS) is 29.3. The second-order valence-electron chi connectivity index (χ2n) is 6.80. The summed E-state index contributed by atoms with van der Waals surface area (Å²) in [5.74, 6) is -0.0558. The molecule has 0 spiro atoms. The Balaban J connectivity index is 1.84. The third-order valence-electron chi connectivity index (χ3n) is 5.36. The summed E-state index contributed by atoms with van der Waals surface area (Å²) in [6.07, 6.45) is 5.73. The number of aliphatic carboxylic acids is 1. The number of fused-ring (bicyclic) bond motifs is 1. The number of benzene rings is 1. The minimum Gasteiger partial charge on any atom is -0.480 e. The number of nitrogens with zero attached hydrogens (tertiary/aromatic N) is 1. The molecule has 1 saturated heterocycles. The van der Waals surface area contributed by atoms with Gasteiger partial charge in [-0.15, -0.1) is 0 Å². The highest BCUT2D eigenvalue weighted by atomic mass is 16.4. The number of likely N-dealkylation sites (tertiary alicyclic amines) is 1. The summed E-state index contributed by atoms with van der Waals surface area (Å²) >= 11 is 0. The highest BCUT2D eigenvalue weighted by Gasteiger charge is 2.44. The third kappa shape index (κ3) is 2.84. The second kappa shape index (κ2) is 5.80. The molecule has 114 valence electrons. The highest BCUT2D eigenvalue weighted by molar-refractivity contribution is 5.74. The molecule has 0 aromatic heterocycles. The van der Waals surface area contributed by atoms with Gasteiger partial charge in [0.15, 0.2) is 0 Å². The Hall–Kier alpha value is -1.35. The fourth-order valence-electron chi connectivity index (χ4n) is 4.24. The van der Waals surface area contributed by atoms with Gasteiger partial charge in [-0.05, 0) is 50.2 Å². The zero-order chi connectivity index (χ0) is 15.0.